The third-order valence-corrected chi connectivity index (χ3v) is 12.9. The predicted octanol–water partition coefficient (Wildman–Crippen LogP) is 10.9. The number of hydrogen-bond donors (Lipinski definition) is 0. The largest absolute Gasteiger partial charge is 0.471 e. The summed E-state index contributed by atoms with van der Waals surface area (Å²) in [6.07, 6.45) is -1.60. The number of halogens is 6. The summed E-state index contributed by atoms with van der Waals surface area (Å²) in [6.45, 7) is 18.3. The molecule has 0 spiro atoms. The monoisotopic (exact) mass is 896 g/mol. The number of ketones is 1. The summed E-state index contributed by atoms with van der Waals surface area (Å²) >= 11 is 0. The molecule has 4 heterocycles. The molecule has 2 saturated heterocycles. The normalized spacial score (nSPS) is 18.6. The van der Waals surface area contributed by atoms with Crippen LogP contribution >= 0.6 is 0 Å². The fourth-order valence-corrected chi connectivity index (χ4v) is 9.25. The first-order valence-corrected chi connectivity index (χ1v) is 22.1. The van der Waals surface area contributed by atoms with Crippen LogP contribution in [0, 0.1) is 22.7 Å². The molecule has 2 aliphatic heterocycles. The highest BCUT2D eigenvalue weighted by molar-refractivity contribution is 5.86. The van der Waals surface area contributed by atoms with E-state index in [1.165, 1.54) is 24.3 Å². The van der Waals surface area contributed by atoms with Gasteiger partial charge in [-0.2, -0.15) is 26.3 Å². The second-order valence-electron chi connectivity index (χ2n) is 20.1. The summed E-state index contributed by atoms with van der Waals surface area (Å²) in [4.78, 5) is 38.1. The zero-order valence-corrected chi connectivity index (χ0v) is 38.2. The van der Waals surface area contributed by atoms with Gasteiger partial charge in [0, 0.05) is 49.7 Å². The van der Waals surface area contributed by atoms with Gasteiger partial charge in [-0.1, -0.05) is 50.2 Å². The van der Waals surface area contributed by atoms with E-state index in [1.54, 1.807) is 36.9 Å². The van der Waals surface area contributed by atoms with Crippen LogP contribution in [-0.2, 0) is 43.1 Å². The average molecular weight is 897 g/mol. The highest BCUT2D eigenvalue weighted by atomic mass is 19.4. The van der Waals surface area contributed by atoms with Crippen molar-refractivity contribution >= 4 is 5.78 Å². The fraction of sp³-hybridized carbons (Fsp3) is 0.571. The number of ether oxygens (including phenoxy) is 2. The lowest BCUT2D eigenvalue weighted by atomic mass is 9.58. The molecule has 2 unspecified atom stereocenters. The number of benzene rings is 2. The molecule has 15 heteroatoms. The van der Waals surface area contributed by atoms with Crippen LogP contribution in [-0.4, -0.2) is 72.9 Å². The van der Waals surface area contributed by atoms with Gasteiger partial charge in [-0.05, 0) is 140 Å². The van der Waals surface area contributed by atoms with E-state index in [1.807, 2.05) is 55.4 Å². The van der Waals surface area contributed by atoms with Gasteiger partial charge < -0.3 is 9.47 Å². The molecule has 2 aromatic heterocycles. The van der Waals surface area contributed by atoms with Crippen LogP contribution in [0.3, 0.4) is 0 Å². The number of rotatable bonds is 14. The molecule has 2 aliphatic rings. The van der Waals surface area contributed by atoms with Crippen molar-refractivity contribution < 1.29 is 40.6 Å². The van der Waals surface area contributed by atoms with Gasteiger partial charge in [-0.3, -0.25) is 24.6 Å². The molecule has 6 rings (SSSR count). The Hall–Kier alpha value is -4.63. The van der Waals surface area contributed by atoms with E-state index < -0.39 is 57.3 Å². The molecule has 2 aromatic carbocycles. The Morgan fingerprint density at radius 2 is 0.906 bits per heavy atom. The highest BCUT2D eigenvalue weighted by Crippen LogP contribution is 2.49. The number of Topliss-reactive ketones (excluding diaryl/α,β-unsaturated/α-hetero) is 1. The maximum atomic E-state index is 15.8. The minimum absolute atomic E-state index is 0.00722. The molecule has 0 radical (unpaired) electrons. The summed E-state index contributed by atoms with van der Waals surface area (Å²) in [5, 5.41) is 0. The quantitative estimate of drug-likeness (QED) is 0.115. The fourth-order valence-electron chi connectivity index (χ4n) is 9.25. The van der Waals surface area contributed by atoms with E-state index in [4.69, 9.17) is 9.47 Å². The highest BCUT2D eigenvalue weighted by Gasteiger charge is 2.50. The molecule has 0 bridgehead atoms. The molecule has 4 aromatic rings. The first kappa shape index (κ1) is 48.8. The van der Waals surface area contributed by atoms with Crippen LogP contribution in [0.5, 0.6) is 11.8 Å². The number of hydrogen-bond acceptors (Lipinski definition) is 9. The maximum absolute atomic E-state index is 15.8. The van der Waals surface area contributed by atoms with Gasteiger partial charge in [-0.25, -0.2) is 9.97 Å². The standard InChI is InChI=1S/C49H62F6N6O3/c1-44(2,3)63-42-39(56-21-23-58-42)31-60-25-17-46(7,18-26-60)37(29-33-13-9-11-15-35(33)48(50,51)52)41(62)38(30-34-14-10-12-16-36(34)49(53,54)55)47(8)19-27-61(28-20-47)32-40-43(59-24-22-57-40)64-45(4,5)6/h9-16,21-24,37-38H,17-20,25-32H2,1-8H3. The second-order valence-corrected chi connectivity index (χ2v) is 20.1. The van der Waals surface area contributed by atoms with Crippen LogP contribution in [0.4, 0.5) is 26.3 Å². The van der Waals surface area contributed by atoms with Crippen molar-refractivity contribution in [2.75, 3.05) is 26.2 Å². The van der Waals surface area contributed by atoms with Crippen molar-refractivity contribution in [3.8, 4) is 11.8 Å². The lowest BCUT2D eigenvalue weighted by Gasteiger charge is -2.49. The van der Waals surface area contributed by atoms with E-state index in [-0.39, 0.29) is 29.8 Å². The summed E-state index contributed by atoms with van der Waals surface area (Å²) in [5.74, 6) is -1.35. The lowest BCUT2D eigenvalue weighted by Crippen LogP contribution is -2.51. The van der Waals surface area contributed by atoms with Crippen LogP contribution < -0.4 is 9.47 Å². The van der Waals surface area contributed by atoms with Crippen LogP contribution in [0.25, 0.3) is 0 Å². The van der Waals surface area contributed by atoms with E-state index in [0.717, 1.165) is 12.1 Å². The number of piperidine rings is 2. The zero-order chi connectivity index (χ0) is 46.7. The first-order valence-electron chi connectivity index (χ1n) is 22.1. The summed E-state index contributed by atoms with van der Waals surface area (Å²) < 4.78 is 100. The summed E-state index contributed by atoms with van der Waals surface area (Å²) in [5.41, 5.74) is -2.99. The Balaban J connectivity index is 1.35. The lowest BCUT2D eigenvalue weighted by molar-refractivity contribution is -0.142. The van der Waals surface area contributed by atoms with Gasteiger partial charge in [-0.15, -0.1) is 0 Å². The molecule has 0 aliphatic carbocycles. The van der Waals surface area contributed by atoms with Crippen molar-refractivity contribution in [1.82, 2.24) is 29.7 Å². The van der Waals surface area contributed by atoms with Crippen molar-refractivity contribution in [3.05, 3.63) is 107 Å². The van der Waals surface area contributed by atoms with Crippen LogP contribution in [0.15, 0.2) is 73.3 Å². The number of nitrogens with zero attached hydrogens (tertiary/aromatic N) is 6. The third kappa shape index (κ3) is 12.4. The molecule has 2 atom stereocenters. The Bertz CT molecular complexity index is 2050. The number of carbonyl (C=O) groups excluding carboxylic acids is 1. The average Bonchev–Trinajstić information content (AvgIpc) is 3.20. The van der Waals surface area contributed by atoms with Crippen molar-refractivity contribution in [1.29, 1.82) is 0 Å². The van der Waals surface area contributed by atoms with Gasteiger partial charge in [0.2, 0.25) is 11.8 Å². The van der Waals surface area contributed by atoms with E-state index in [9.17, 15) is 26.3 Å². The number of carbonyl (C=O) groups is 1. The van der Waals surface area contributed by atoms with Gasteiger partial charge >= 0.3 is 12.4 Å². The molecule has 0 N–H and O–H groups in total. The first-order chi connectivity index (χ1) is 29.8. The Morgan fingerprint density at radius 3 is 1.23 bits per heavy atom. The molecular weight excluding hydrogens is 835 g/mol. The van der Waals surface area contributed by atoms with Gasteiger partial charge in [0.25, 0.3) is 0 Å². The molecule has 2 fully saturated rings. The van der Waals surface area contributed by atoms with Crippen molar-refractivity contribution in [2.45, 2.75) is 131 Å². The Morgan fingerprint density at radius 1 is 0.578 bits per heavy atom. The second kappa shape index (κ2) is 19.1. The number of aromatic nitrogens is 4. The van der Waals surface area contributed by atoms with Crippen molar-refractivity contribution in [3.63, 3.8) is 0 Å². The summed E-state index contributed by atoms with van der Waals surface area (Å²) in [7, 11) is 0. The molecule has 348 valence electrons. The Kier molecular flexibility index (Phi) is 14.5. The SMILES string of the molecule is CC(C)(C)Oc1nccnc1CN1CCC(C)(C(Cc2ccccc2C(F)(F)F)C(=O)C(Cc2ccccc2C(F)(F)F)C2(C)CCN(Cc3nccnc3OC(C)(C)C)CC2)CC1. The van der Waals surface area contributed by atoms with Gasteiger partial charge in [0.15, 0.2) is 0 Å². The Labute approximate surface area is 373 Å². The maximum Gasteiger partial charge on any atom is 0.416 e. The minimum Gasteiger partial charge on any atom is -0.471 e. The smallest absolute Gasteiger partial charge is 0.416 e. The molecule has 9 nitrogen and oxygen atoms in total. The molecule has 64 heavy (non-hydrogen) atoms. The van der Waals surface area contributed by atoms with Gasteiger partial charge in [0.1, 0.15) is 28.4 Å². The predicted molar refractivity (Wildman–Crippen MR) is 232 cm³/mol. The van der Waals surface area contributed by atoms with Gasteiger partial charge in [0.05, 0.1) is 11.1 Å². The van der Waals surface area contributed by atoms with E-state index >= 15 is 4.79 Å². The summed E-state index contributed by atoms with van der Waals surface area (Å²) in [6, 6.07) is 10.6. The number of alkyl halides is 6. The third-order valence-electron chi connectivity index (χ3n) is 12.9. The molecule has 0 saturated carbocycles. The van der Waals surface area contributed by atoms with E-state index in [0.29, 0.717) is 88.1 Å². The van der Waals surface area contributed by atoms with Crippen LogP contribution in [0.1, 0.15) is 115 Å². The molecule has 0 amide bonds. The van der Waals surface area contributed by atoms with E-state index in [2.05, 4.69) is 29.7 Å². The number of likely N-dealkylation sites (tertiary alicyclic amines) is 2. The zero-order valence-electron chi connectivity index (χ0n) is 38.2. The molecular formula is C49H62F6N6O3. The van der Waals surface area contributed by atoms with Crippen LogP contribution in [0.2, 0.25) is 0 Å². The van der Waals surface area contributed by atoms with Crippen molar-refractivity contribution in [2.24, 2.45) is 22.7 Å². The minimum atomic E-state index is -4.68. The topological polar surface area (TPSA) is 93.6 Å².